The largest absolute Gasteiger partial charge is 0.478 e. The number of aliphatic carboxylic acids is 2. The first-order valence-corrected chi connectivity index (χ1v) is 14.7. The number of carboxylic acids is 2. The van der Waals surface area contributed by atoms with Crippen LogP contribution in [0.1, 0.15) is 44.6 Å². The molecule has 0 saturated carbocycles. The first kappa shape index (κ1) is 29.6. The Morgan fingerprint density at radius 3 is 2.40 bits per heavy atom. The van der Waals surface area contributed by atoms with Gasteiger partial charge < -0.3 is 31.1 Å². The number of nitroso groups, excluding NO2 is 1. The van der Waals surface area contributed by atoms with Gasteiger partial charge in [-0.05, 0) is 81.1 Å². The number of nitrogens with zero attached hydrogens (tertiary/aromatic N) is 2. The van der Waals surface area contributed by atoms with Crippen LogP contribution in [0.15, 0.2) is 46.8 Å². The molecular weight excluding hydrogens is 534 g/mol. The number of anilines is 1. The standard InChI is InChI=1S/C28H37N5O6S/c1-17-23(26(34)35)25(24(27(36)37)18(2)30-17)20-5-3-6-21(15-20)31-28(38)29-9-4-10-32-11-7-19(8-12-32)22-16-33(39)13-14-40-22/h3,5-6,15,19,22,25,30H,4,7-14,16H2,1-2H3,(H3-,29,31,34,35,36,37,38)/p+1. The molecule has 0 radical (unpaired) electrons. The number of carbonyl (C=O) groups is 3. The van der Waals surface area contributed by atoms with Crippen molar-refractivity contribution in [1.29, 1.82) is 0 Å². The van der Waals surface area contributed by atoms with Gasteiger partial charge >= 0.3 is 18.0 Å². The lowest BCUT2D eigenvalue weighted by atomic mass is 9.80. The minimum absolute atomic E-state index is 0.0430. The van der Waals surface area contributed by atoms with Crippen LogP contribution in [0.3, 0.4) is 0 Å². The van der Waals surface area contributed by atoms with Gasteiger partial charge in [0.15, 0.2) is 0 Å². The summed E-state index contributed by atoms with van der Waals surface area (Å²) in [6, 6.07) is 6.24. The van der Waals surface area contributed by atoms with Gasteiger partial charge in [0.05, 0.1) is 28.1 Å². The number of urea groups is 1. The summed E-state index contributed by atoms with van der Waals surface area (Å²) in [4.78, 5) is 50.8. The number of hydrogen-bond acceptors (Lipinski definition) is 7. The molecule has 216 valence electrons. The molecule has 2 fully saturated rings. The zero-order valence-corrected chi connectivity index (χ0v) is 23.8. The predicted octanol–water partition coefficient (Wildman–Crippen LogP) is 3.21. The molecule has 3 aliphatic heterocycles. The predicted molar refractivity (Wildman–Crippen MR) is 153 cm³/mol. The highest BCUT2D eigenvalue weighted by Crippen LogP contribution is 2.39. The Morgan fingerprint density at radius 1 is 1.10 bits per heavy atom. The second kappa shape index (κ2) is 13.3. The SMILES string of the molecule is CC1=C(C(=O)O)C(c2cccc(NC(=O)NCCCN3CCC(C4C[N+](=O)CCS4)CC3)c2)C(C(=O)O)=C(C)N1. The third kappa shape index (κ3) is 7.22. The average Bonchev–Trinajstić information content (AvgIpc) is 2.90. The maximum absolute atomic E-state index is 12.6. The van der Waals surface area contributed by atoms with Crippen molar-refractivity contribution in [1.82, 2.24) is 15.5 Å². The molecule has 0 aliphatic carbocycles. The van der Waals surface area contributed by atoms with Crippen LogP contribution in [0.25, 0.3) is 0 Å². The zero-order valence-electron chi connectivity index (χ0n) is 22.9. The maximum atomic E-state index is 12.6. The van der Waals surface area contributed by atoms with Gasteiger partial charge in [0.25, 0.3) is 0 Å². The first-order valence-electron chi connectivity index (χ1n) is 13.7. The number of hydrogen-bond donors (Lipinski definition) is 5. The van der Waals surface area contributed by atoms with Crippen LogP contribution in [-0.4, -0.2) is 88.1 Å². The van der Waals surface area contributed by atoms with Gasteiger partial charge in [0.1, 0.15) is 0 Å². The van der Waals surface area contributed by atoms with Gasteiger partial charge in [-0.3, -0.25) is 0 Å². The molecule has 40 heavy (non-hydrogen) atoms. The van der Waals surface area contributed by atoms with E-state index in [1.165, 1.54) is 4.76 Å². The van der Waals surface area contributed by atoms with Gasteiger partial charge in [-0.15, -0.1) is 11.8 Å². The van der Waals surface area contributed by atoms with Crippen molar-refractivity contribution in [2.45, 2.75) is 44.3 Å². The van der Waals surface area contributed by atoms with Crippen molar-refractivity contribution in [3.63, 3.8) is 0 Å². The lowest BCUT2D eigenvalue weighted by Gasteiger charge is -2.35. The minimum Gasteiger partial charge on any atom is -0.478 e. The molecule has 5 N–H and O–H groups in total. The van der Waals surface area contributed by atoms with E-state index in [0.717, 1.165) is 44.6 Å². The van der Waals surface area contributed by atoms with Gasteiger partial charge in [0.2, 0.25) is 13.1 Å². The fraction of sp³-hybridized carbons (Fsp3) is 0.536. The molecule has 3 aliphatic rings. The summed E-state index contributed by atoms with van der Waals surface area (Å²) < 4.78 is 1.20. The van der Waals surface area contributed by atoms with Crippen LogP contribution in [0.2, 0.25) is 0 Å². The lowest BCUT2D eigenvalue weighted by Crippen LogP contribution is -2.42. The number of piperidine rings is 1. The topological polar surface area (TPSA) is 151 Å². The summed E-state index contributed by atoms with van der Waals surface area (Å²) in [7, 11) is 0. The molecule has 0 aromatic heterocycles. The molecule has 1 unspecified atom stereocenters. The monoisotopic (exact) mass is 572 g/mol. The second-order valence-corrected chi connectivity index (χ2v) is 11.9. The number of rotatable bonds is 9. The summed E-state index contributed by atoms with van der Waals surface area (Å²) in [5, 5.41) is 28.6. The van der Waals surface area contributed by atoms with Gasteiger partial charge in [0, 0.05) is 28.5 Å². The van der Waals surface area contributed by atoms with E-state index in [4.69, 9.17) is 0 Å². The van der Waals surface area contributed by atoms with E-state index in [0.29, 0.717) is 53.4 Å². The molecule has 2 saturated heterocycles. The molecular formula is C28H38N5O6S+. The summed E-state index contributed by atoms with van der Waals surface area (Å²) >= 11 is 1.94. The molecule has 1 aromatic carbocycles. The van der Waals surface area contributed by atoms with Crippen molar-refractivity contribution < 1.29 is 29.4 Å². The van der Waals surface area contributed by atoms with Crippen LogP contribution in [0.5, 0.6) is 0 Å². The van der Waals surface area contributed by atoms with Crippen LogP contribution in [0.4, 0.5) is 10.5 Å². The Hall–Kier alpha value is -3.38. The fourth-order valence-electron chi connectivity index (χ4n) is 5.85. The molecule has 12 heteroatoms. The van der Waals surface area contributed by atoms with Crippen molar-refractivity contribution in [3.8, 4) is 0 Å². The number of allylic oxidation sites excluding steroid dienone is 2. The molecule has 0 spiro atoms. The Morgan fingerprint density at radius 2 is 1.77 bits per heavy atom. The van der Waals surface area contributed by atoms with Gasteiger partial charge in [-0.25, -0.2) is 14.4 Å². The Bertz CT molecular complexity index is 1190. The van der Waals surface area contributed by atoms with Crippen LogP contribution >= 0.6 is 11.8 Å². The van der Waals surface area contributed by atoms with Crippen LogP contribution in [-0.2, 0) is 9.59 Å². The van der Waals surface area contributed by atoms with E-state index in [1.54, 1.807) is 38.1 Å². The van der Waals surface area contributed by atoms with E-state index < -0.39 is 17.9 Å². The summed E-state index contributed by atoms with van der Waals surface area (Å²) in [6.45, 7) is 7.89. The Kier molecular flexibility index (Phi) is 9.85. The molecule has 1 aromatic rings. The Balaban J connectivity index is 1.27. The molecule has 3 heterocycles. The number of carboxylic acid groups (broad SMARTS) is 2. The van der Waals surface area contributed by atoms with E-state index in [1.807, 2.05) is 11.8 Å². The highest BCUT2D eigenvalue weighted by atomic mass is 32.2. The lowest BCUT2D eigenvalue weighted by molar-refractivity contribution is -0.546. The second-order valence-electron chi connectivity index (χ2n) is 10.6. The third-order valence-corrected chi connectivity index (χ3v) is 9.23. The number of carbonyl (C=O) groups excluding carboxylic acids is 1. The van der Waals surface area contributed by atoms with E-state index in [-0.39, 0.29) is 17.2 Å². The van der Waals surface area contributed by atoms with E-state index in [2.05, 4.69) is 20.9 Å². The molecule has 2 amide bonds. The number of nitrogens with one attached hydrogen (secondary N) is 3. The van der Waals surface area contributed by atoms with Gasteiger partial charge in [-0.2, -0.15) is 0 Å². The van der Waals surface area contributed by atoms with Crippen molar-refractivity contribution in [2.24, 2.45) is 5.92 Å². The average molecular weight is 573 g/mol. The zero-order chi connectivity index (χ0) is 28.8. The van der Waals surface area contributed by atoms with Crippen LogP contribution < -0.4 is 16.0 Å². The number of thioether (sulfide) groups is 1. The normalized spacial score (nSPS) is 21.2. The van der Waals surface area contributed by atoms with E-state index in [9.17, 15) is 29.5 Å². The van der Waals surface area contributed by atoms with Crippen LogP contribution in [0, 0.1) is 10.8 Å². The fourth-order valence-corrected chi connectivity index (χ4v) is 7.28. The Labute approximate surface area is 238 Å². The smallest absolute Gasteiger partial charge is 0.334 e. The first-order chi connectivity index (χ1) is 19.1. The minimum atomic E-state index is -1.21. The number of amides is 2. The molecule has 11 nitrogen and oxygen atoms in total. The third-order valence-electron chi connectivity index (χ3n) is 7.85. The number of likely N-dealkylation sites (tertiary alicyclic amines) is 1. The van der Waals surface area contributed by atoms with Crippen molar-refractivity contribution in [2.75, 3.05) is 50.3 Å². The summed E-state index contributed by atoms with van der Waals surface area (Å²) in [5.74, 6) is -1.88. The highest BCUT2D eigenvalue weighted by Gasteiger charge is 2.37. The highest BCUT2D eigenvalue weighted by molar-refractivity contribution is 8.00. The summed E-state index contributed by atoms with van der Waals surface area (Å²) in [5.41, 5.74) is 1.57. The quantitative estimate of drug-likeness (QED) is 0.222. The molecule has 4 rings (SSSR count). The molecule has 0 bridgehead atoms. The molecule has 1 atom stereocenters. The maximum Gasteiger partial charge on any atom is 0.334 e. The number of benzene rings is 1. The summed E-state index contributed by atoms with van der Waals surface area (Å²) in [6.07, 6.45) is 3.00. The number of dihydropyridines is 1. The van der Waals surface area contributed by atoms with Crippen molar-refractivity contribution >= 4 is 35.4 Å². The van der Waals surface area contributed by atoms with E-state index >= 15 is 0 Å². The van der Waals surface area contributed by atoms with Gasteiger partial charge in [-0.1, -0.05) is 12.1 Å². The van der Waals surface area contributed by atoms with Crippen molar-refractivity contribution in [3.05, 3.63) is 57.3 Å².